The summed E-state index contributed by atoms with van der Waals surface area (Å²) in [7, 11) is 0. The molecule has 0 unspecified atom stereocenters. The number of nitrogens with zero attached hydrogens (tertiary/aromatic N) is 1. The highest BCUT2D eigenvalue weighted by molar-refractivity contribution is 14.1. The summed E-state index contributed by atoms with van der Waals surface area (Å²) in [6.07, 6.45) is 6.70. The molecule has 0 amide bonds. The number of rotatable bonds is 5. The van der Waals surface area contributed by atoms with E-state index in [0.29, 0.717) is 0 Å². The quantitative estimate of drug-likeness (QED) is 0.583. The topological polar surface area (TPSA) is 12.5 Å². The average Bonchev–Trinajstić information content (AvgIpc) is 2.65. The van der Waals surface area contributed by atoms with Crippen LogP contribution in [-0.4, -0.2) is 31.1 Å². The molecule has 0 N–H and O–H groups in total. The molecule has 3 heteroatoms. The summed E-state index contributed by atoms with van der Waals surface area (Å²) in [5, 5.41) is 0. The van der Waals surface area contributed by atoms with Gasteiger partial charge in [-0.1, -0.05) is 12.8 Å². The van der Waals surface area contributed by atoms with Gasteiger partial charge >= 0.3 is 0 Å². The lowest BCUT2D eigenvalue weighted by atomic mass is 10.2. The molecule has 0 spiro atoms. The lowest BCUT2D eigenvalue weighted by Gasteiger charge is -2.19. The van der Waals surface area contributed by atoms with Crippen LogP contribution in [0.1, 0.15) is 32.1 Å². The maximum atomic E-state index is 5.75. The minimum atomic E-state index is 0.830. The molecule has 1 aromatic rings. The molecule has 1 aliphatic rings. The van der Waals surface area contributed by atoms with Gasteiger partial charge in [-0.3, -0.25) is 0 Å². The van der Waals surface area contributed by atoms with Gasteiger partial charge in [-0.2, -0.15) is 0 Å². The molecule has 0 saturated carbocycles. The Morgan fingerprint density at radius 3 is 2.33 bits per heavy atom. The predicted molar refractivity (Wildman–Crippen MR) is 84.2 cm³/mol. The fourth-order valence-electron chi connectivity index (χ4n) is 2.37. The van der Waals surface area contributed by atoms with Crippen molar-refractivity contribution < 1.29 is 4.74 Å². The van der Waals surface area contributed by atoms with E-state index in [1.54, 1.807) is 0 Å². The van der Waals surface area contributed by atoms with Crippen LogP contribution in [0.25, 0.3) is 0 Å². The highest BCUT2D eigenvalue weighted by atomic mass is 127. The van der Waals surface area contributed by atoms with Crippen molar-refractivity contribution in [1.29, 1.82) is 0 Å². The molecule has 2 rings (SSSR count). The van der Waals surface area contributed by atoms with Crippen molar-refractivity contribution in [3.63, 3.8) is 0 Å². The molecule has 1 aliphatic heterocycles. The van der Waals surface area contributed by atoms with E-state index in [9.17, 15) is 0 Å². The molecule has 0 atom stereocenters. The molecular formula is C15H22INO. The molecule has 0 bridgehead atoms. The van der Waals surface area contributed by atoms with E-state index in [1.165, 1.54) is 48.9 Å². The Labute approximate surface area is 124 Å². The van der Waals surface area contributed by atoms with Gasteiger partial charge in [-0.25, -0.2) is 0 Å². The van der Waals surface area contributed by atoms with Gasteiger partial charge in [-0.15, -0.1) is 0 Å². The van der Waals surface area contributed by atoms with Crippen LogP contribution in [0.2, 0.25) is 0 Å². The summed E-state index contributed by atoms with van der Waals surface area (Å²) in [5.74, 6) is 0.992. The first-order chi connectivity index (χ1) is 8.84. The number of hydrogen-bond donors (Lipinski definition) is 0. The molecule has 100 valence electrons. The number of likely N-dealkylation sites (tertiary alicyclic amines) is 1. The van der Waals surface area contributed by atoms with Crippen molar-refractivity contribution in [2.24, 2.45) is 0 Å². The van der Waals surface area contributed by atoms with Gasteiger partial charge in [-0.05, 0) is 79.2 Å². The van der Waals surface area contributed by atoms with Crippen LogP contribution >= 0.6 is 22.6 Å². The van der Waals surface area contributed by atoms with Crippen molar-refractivity contribution in [2.75, 3.05) is 26.2 Å². The molecule has 0 radical (unpaired) electrons. The maximum absolute atomic E-state index is 5.75. The van der Waals surface area contributed by atoms with Gasteiger partial charge < -0.3 is 9.64 Å². The van der Waals surface area contributed by atoms with Crippen molar-refractivity contribution in [3.8, 4) is 5.75 Å². The smallest absolute Gasteiger partial charge is 0.119 e. The molecule has 18 heavy (non-hydrogen) atoms. The molecular weight excluding hydrogens is 337 g/mol. The zero-order valence-corrected chi connectivity index (χ0v) is 13.1. The van der Waals surface area contributed by atoms with Gasteiger partial charge in [0.25, 0.3) is 0 Å². The Morgan fingerprint density at radius 2 is 1.67 bits per heavy atom. The number of ether oxygens (including phenoxy) is 1. The van der Waals surface area contributed by atoms with E-state index < -0.39 is 0 Å². The van der Waals surface area contributed by atoms with Gasteiger partial charge in [0.2, 0.25) is 0 Å². The van der Waals surface area contributed by atoms with E-state index in [2.05, 4.69) is 39.6 Å². The second-order valence-corrected chi connectivity index (χ2v) is 6.16. The molecule has 1 heterocycles. The fraction of sp³-hybridized carbons (Fsp3) is 0.600. The largest absolute Gasteiger partial charge is 0.494 e. The van der Waals surface area contributed by atoms with E-state index in [4.69, 9.17) is 4.74 Å². The van der Waals surface area contributed by atoms with E-state index >= 15 is 0 Å². The third-order valence-corrected chi connectivity index (χ3v) is 4.12. The zero-order chi connectivity index (χ0) is 12.6. The summed E-state index contributed by atoms with van der Waals surface area (Å²) in [6.45, 7) is 4.58. The Bertz CT molecular complexity index is 331. The Kier molecular flexibility index (Phi) is 6.28. The monoisotopic (exact) mass is 359 g/mol. The van der Waals surface area contributed by atoms with Gasteiger partial charge in [0.15, 0.2) is 0 Å². The Morgan fingerprint density at radius 1 is 1.00 bits per heavy atom. The first-order valence-corrected chi connectivity index (χ1v) is 8.03. The number of hydrogen-bond acceptors (Lipinski definition) is 2. The van der Waals surface area contributed by atoms with E-state index in [1.807, 2.05) is 12.1 Å². The average molecular weight is 359 g/mol. The van der Waals surface area contributed by atoms with Crippen LogP contribution in [0.15, 0.2) is 24.3 Å². The second-order valence-electron chi connectivity index (χ2n) is 4.91. The van der Waals surface area contributed by atoms with Gasteiger partial charge in [0.1, 0.15) is 5.75 Å². The SMILES string of the molecule is Ic1ccc(OCCCN2CCCCCC2)cc1. The standard InChI is InChI=1S/C15H22INO/c16-14-6-8-15(9-7-14)18-13-5-12-17-10-3-1-2-4-11-17/h6-9H,1-5,10-13H2. The molecule has 0 aromatic heterocycles. The van der Waals surface area contributed by atoms with Crippen LogP contribution in [0.5, 0.6) is 5.75 Å². The summed E-state index contributed by atoms with van der Waals surface area (Å²) in [6, 6.07) is 8.27. The molecule has 1 saturated heterocycles. The maximum Gasteiger partial charge on any atom is 0.119 e. The van der Waals surface area contributed by atoms with Crippen LogP contribution in [0.4, 0.5) is 0 Å². The zero-order valence-electron chi connectivity index (χ0n) is 10.9. The summed E-state index contributed by atoms with van der Waals surface area (Å²) in [4.78, 5) is 2.59. The summed E-state index contributed by atoms with van der Waals surface area (Å²) in [5.41, 5.74) is 0. The van der Waals surface area contributed by atoms with Gasteiger partial charge in [0, 0.05) is 10.1 Å². The highest BCUT2D eigenvalue weighted by Gasteiger charge is 2.07. The summed E-state index contributed by atoms with van der Waals surface area (Å²) >= 11 is 2.31. The first-order valence-electron chi connectivity index (χ1n) is 6.95. The molecule has 1 fully saturated rings. The fourth-order valence-corrected chi connectivity index (χ4v) is 2.73. The lowest BCUT2D eigenvalue weighted by Crippen LogP contribution is -2.26. The third-order valence-electron chi connectivity index (χ3n) is 3.40. The number of halogens is 1. The highest BCUT2D eigenvalue weighted by Crippen LogP contribution is 2.14. The van der Waals surface area contributed by atoms with Crippen molar-refractivity contribution >= 4 is 22.6 Å². The summed E-state index contributed by atoms with van der Waals surface area (Å²) < 4.78 is 7.01. The van der Waals surface area contributed by atoms with Crippen molar-refractivity contribution in [3.05, 3.63) is 27.8 Å². The molecule has 0 aliphatic carbocycles. The van der Waals surface area contributed by atoms with Crippen molar-refractivity contribution in [2.45, 2.75) is 32.1 Å². The predicted octanol–water partition coefficient (Wildman–Crippen LogP) is 3.94. The minimum Gasteiger partial charge on any atom is -0.494 e. The normalized spacial score (nSPS) is 17.4. The van der Waals surface area contributed by atoms with Crippen LogP contribution in [0, 0.1) is 3.57 Å². The van der Waals surface area contributed by atoms with Crippen LogP contribution in [-0.2, 0) is 0 Å². The molecule has 2 nitrogen and oxygen atoms in total. The lowest BCUT2D eigenvalue weighted by molar-refractivity contribution is 0.240. The van der Waals surface area contributed by atoms with E-state index in [-0.39, 0.29) is 0 Å². The number of benzene rings is 1. The molecule has 1 aromatic carbocycles. The van der Waals surface area contributed by atoms with Crippen molar-refractivity contribution in [1.82, 2.24) is 4.90 Å². The minimum absolute atomic E-state index is 0.830. The first kappa shape index (κ1) is 14.1. The van der Waals surface area contributed by atoms with Gasteiger partial charge in [0.05, 0.1) is 6.61 Å². The van der Waals surface area contributed by atoms with Crippen LogP contribution in [0.3, 0.4) is 0 Å². The van der Waals surface area contributed by atoms with E-state index in [0.717, 1.165) is 18.8 Å². The van der Waals surface area contributed by atoms with Crippen LogP contribution < -0.4 is 4.74 Å². The Balaban J connectivity index is 1.61. The third kappa shape index (κ3) is 5.14. The Hall–Kier alpha value is -0.290. The second kappa shape index (κ2) is 8.00.